The lowest BCUT2D eigenvalue weighted by molar-refractivity contribution is 0.122. The second-order valence-corrected chi connectivity index (χ2v) is 10.8. The van der Waals surface area contributed by atoms with Crippen molar-refractivity contribution in [3.8, 4) is 17.0 Å². The van der Waals surface area contributed by atoms with Crippen molar-refractivity contribution in [3.63, 3.8) is 0 Å². The highest BCUT2D eigenvalue weighted by Crippen LogP contribution is 2.46. The summed E-state index contributed by atoms with van der Waals surface area (Å²) in [7, 11) is -2.04. The number of aromatic nitrogens is 1. The second kappa shape index (κ2) is 8.27. The summed E-state index contributed by atoms with van der Waals surface area (Å²) in [6.07, 6.45) is 0. The molecule has 0 unspecified atom stereocenters. The number of piperazine rings is 1. The van der Waals surface area contributed by atoms with Crippen LogP contribution < -0.4 is 4.74 Å². The zero-order valence-electron chi connectivity index (χ0n) is 19.1. The fourth-order valence-electron chi connectivity index (χ4n) is 5.27. The van der Waals surface area contributed by atoms with Gasteiger partial charge in [-0.25, -0.2) is 12.4 Å². The van der Waals surface area contributed by atoms with Crippen LogP contribution in [0.4, 0.5) is 0 Å². The largest absolute Gasteiger partial charge is 0.497 e. The van der Waals surface area contributed by atoms with E-state index in [1.54, 1.807) is 19.2 Å². The predicted molar refractivity (Wildman–Crippen MR) is 134 cm³/mol. The Morgan fingerprint density at radius 3 is 2.24 bits per heavy atom. The molecule has 2 aliphatic heterocycles. The molecule has 1 aromatic heterocycles. The number of nitrogens with zero attached hydrogens (tertiary/aromatic N) is 3. The van der Waals surface area contributed by atoms with Crippen molar-refractivity contribution in [2.45, 2.75) is 18.0 Å². The first-order valence-corrected chi connectivity index (χ1v) is 13.1. The minimum absolute atomic E-state index is 0.350. The highest BCUT2D eigenvalue weighted by Gasteiger charge is 2.37. The number of rotatable bonds is 5. The average Bonchev–Trinajstić information content (AvgIpc) is 3.31. The van der Waals surface area contributed by atoms with E-state index < -0.39 is 10.0 Å². The van der Waals surface area contributed by atoms with Crippen molar-refractivity contribution in [2.24, 2.45) is 0 Å². The maximum atomic E-state index is 13.5. The second-order valence-electron chi connectivity index (χ2n) is 9.01. The smallest absolute Gasteiger partial charge is 0.269 e. The Kier molecular flexibility index (Phi) is 5.21. The lowest BCUT2D eigenvalue weighted by atomic mass is 10.0. The molecule has 3 aromatic carbocycles. The van der Waals surface area contributed by atoms with Gasteiger partial charge in [0.05, 0.1) is 23.2 Å². The van der Waals surface area contributed by atoms with Gasteiger partial charge in [-0.3, -0.25) is 9.80 Å². The summed E-state index contributed by atoms with van der Waals surface area (Å²) in [5, 5.41) is 1.00. The molecule has 6 rings (SSSR count). The topological polar surface area (TPSA) is 54.8 Å². The van der Waals surface area contributed by atoms with E-state index in [0.717, 1.165) is 60.4 Å². The van der Waals surface area contributed by atoms with Crippen LogP contribution in [0.15, 0.2) is 77.7 Å². The number of benzene rings is 3. The van der Waals surface area contributed by atoms with E-state index in [9.17, 15) is 8.42 Å². The number of methoxy groups -OCH3 is 1. The van der Waals surface area contributed by atoms with Crippen LogP contribution in [0.3, 0.4) is 0 Å². The van der Waals surface area contributed by atoms with E-state index in [1.165, 1.54) is 9.54 Å². The molecule has 0 amide bonds. The van der Waals surface area contributed by atoms with E-state index in [-0.39, 0.29) is 0 Å². The van der Waals surface area contributed by atoms with Gasteiger partial charge < -0.3 is 4.74 Å². The number of para-hydroxylation sites is 1. The van der Waals surface area contributed by atoms with Crippen LogP contribution in [-0.2, 0) is 23.1 Å². The van der Waals surface area contributed by atoms with Gasteiger partial charge in [-0.05, 0) is 29.8 Å². The zero-order chi connectivity index (χ0) is 23.3. The van der Waals surface area contributed by atoms with Gasteiger partial charge in [0.25, 0.3) is 10.0 Å². The predicted octanol–water partition coefficient (Wildman–Crippen LogP) is 4.19. The van der Waals surface area contributed by atoms with Gasteiger partial charge in [-0.1, -0.05) is 48.5 Å². The van der Waals surface area contributed by atoms with Crippen molar-refractivity contribution in [3.05, 3.63) is 83.9 Å². The number of fused-ring (bicyclic) bond motifs is 5. The maximum absolute atomic E-state index is 13.5. The van der Waals surface area contributed by atoms with Crippen LogP contribution in [0.1, 0.15) is 11.1 Å². The molecule has 4 aromatic rings. The van der Waals surface area contributed by atoms with Gasteiger partial charge in [0.2, 0.25) is 0 Å². The standard InChI is InChI=1S/C27H27N3O3S/c1-33-21-11-12-26-23(17-21)27-24(22-9-5-6-10-25(22)30(27)34(26,31)32)19-29-15-13-28(14-16-29)18-20-7-3-2-4-8-20/h2-12,17H,13-16,18-19H2,1H3. The molecular weight excluding hydrogens is 446 g/mol. The summed E-state index contributed by atoms with van der Waals surface area (Å²) in [5.74, 6) is 0.660. The summed E-state index contributed by atoms with van der Waals surface area (Å²) >= 11 is 0. The van der Waals surface area contributed by atoms with E-state index in [2.05, 4.69) is 40.1 Å². The molecular formula is C27H27N3O3S. The summed E-state index contributed by atoms with van der Waals surface area (Å²) in [5.41, 5.74) is 4.66. The molecule has 0 radical (unpaired) electrons. The van der Waals surface area contributed by atoms with Crippen LogP contribution in [0.25, 0.3) is 22.2 Å². The van der Waals surface area contributed by atoms with Gasteiger partial charge in [0, 0.05) is 55.8 Å². The number of ether oxygens (including phenoxy) is 1. The van der Waals surface area contributed by atoms with Crippen molar-refractivity contribution in [1.82, 2.24) is 13.8 Å². The number of hydrogen-bond donors (Lipinski definition) is 0. The lowest BCUT2D eigenvalue weighted by Gasteiger charge is -2.34. The first-order valence-electron chi connectivity index (χ1n) is 11.6. The summed E-state index contributed by atoms with van der Waals surface area (Å²) in [6.45, 7) is 5.56. The molecule has 174 valence electrons. The van der Waals surface area contributed by atoms with Gasteiger partial charge in [0.1, 0.15) is 5.75 Å². The SMILES string of the molecule is COc1ccc2c(c1)-c1c(CN3CCN(Cc4ccccc4)CC3)c3ccccc3n1S2(=O)=O. The van der Waals surface area contributed by atoms with Crippen LogP contribution in [0, 0.1) is 0 Å². The first-order chi connectivity index (χ1) is 16.6. The Morgan fingerprint density at radius 1 is 0.824 bits per heavy atom. The third kappa shape index (κ3) is 3.43. The molecule has 34 heavy (non-hydrogen) atoms. The van der Waals surface area contributed by atoms with Crippen LogP contribution in [0.5, 0.6) is 5.75 Å². The normalized spacial score (nSPS) is 17.6. The van der Waals surface area contributed by atoms with Crippen LogP contribution >= 0.6 is 0 Å². The zero-order valence-corrected chi connectivity index (χ0v) is 20.0. The molecule has 0 atom stereocenters. The molecule has 0 spiro atoms. The first kappa shape index (κ1) is 21.4. The highest BCUT2D eigenvalue weighted by molar-refractivity contribution is 7.90. The van der Waals surface area contributed by atoms with Crippen molar-refractivity contribution >= 4 is 20.9 Å². The monoisotopic (exact) mass is 473 g/mol. The van der Waals surface area contributed by atoms with Crippen molar-refractivity contribution < 1.29 is 13.2 Å². The highest BCUT2D eigenvalue weighted by atomic mass is 32.2. The fraction of sp³-hybridized carbons (Fsp3) is 0.259. The van der Waals surface area contributed by atoms with Gasteiger partial charge in [-0.15, -0.1) is 0 Å². The van der Waals surface area contributed by atoms with Crippen LogP contribution in [-0.4, -0.2) is 55.5 Å². The average molecular weight is 474 g/mol. The molecule has 7 heteroatoms. The Labute approximate surface area is 200 Å². The van der Waals surface area contributed by atoms with E-state index in [0.29, 0.717) is 17.2 Å². The Morgan fingerprint density at radius 2 is 1.50 bits per heavy atom. The molecule has 0 N–H and O–H groups in total. The molecule has 0 bridgehead atoms. The quantitative estimate of drug-likeness (QED) is 0.383. The van der Waals surface area contributed by atoms with Gasteiger partial charge in [-0.2, -0.15) is 0 Å². The molecule has 6 nitrogen and oxygen atoms in total. The van der Waals surface area contributed by atoms with Gasteiger partial charge >= 0.3 is 0 Å². The minimum atomic E-state index is -3.65. The molecule has 0 saturated carbocycles. The van der Waals surface area contributed by atoms with E-state index in [1.807, 2.05) is 30.3 Å². The van der Waals surface area contributed by atoms with E-state index in [4.69, 9.17) is 4.74 Å². The number of hydrogen-bond acceptors (Lipinski definition) is 5. The fourth-order valence-corrected chi connectivity index (χ4v) is 7.01. The Hall–Kier alpha value is -3.13. The Balaban J connectivity index is 1.34. The molecule has 1 saturated heterocycles. The third-order valence-corrected chi connectivity index (χ3v) is 8.76. The third-order valence-electron chi connectivity index (χ3n) is 6.99. The van der Waals surface area contributed by atoms with Crippen LogP contribution in [0.2, 0.25) is 0 Å². The lowest BCUT2D eigenvalue weighted by Crippen LogP contribution is -2.45. The maximum Gasteiger partial charge on any atom is 0.269 e. The summed E-state index contributed by atoms with van der Waals surface area (Å²) in [4.78, 5) is 5.27. The summed E-state index contributed by atoms with van der Waals surface area (Å²) in [6, 6.07) is 23.6. The van der Waals surface area contributed by atoms with Crippen molar-refractivity contribution in [1.29, 1.82) is 0 Å². The van der Waals surface area contributed by atoms with Gasteiger partial charge in [0.15, 0.2) is 0 Å². The Bertz CT molecular complexity index is 1470. The molecule has 3 heterocycles. The molecule has 2 aliphatic rings. The van der Waals surface area contributed by atoms with E-state index >= 15 is 0 Å². The summed E-state index contributed by atoms with van der Waals surface area (Å²) < 4.78 is 34.0. The minimum Gasteiger partial charge on any atom is -0.497 e. The molecule has 0 aliphatic carbocycles. The molecule has 1 fully saturated rings. The van der Waals surface area contributed by atoms with Crippen molar-refractivity contribution in [2.75, 3.05) is 33.3 Å².